The minimum Gasteiger partial charge on any atom is -0.496 e. The number of fused-ring (bicyclic) bond motifs is 3. The average Bonchev–Trinajstić information content (AvgIpc) is 2.93. The van der Waals surface area contributed by atoms with E-state index in [-0.39, 0.29) is 28.0 Å². The molecule has 0 N–H and O–H groups in total. The lowest BCUT2D eigenvalue weighted by atomic mass is 9.71. The van der Waals surface area contributed by atoms with E-state index in [1.165, 1.54) is 25.3 Å². The minimum absolute atomic E-state index is 0.0264. The number of esters is 5. The van der Waals surface area contributed by atoms with E-state index in [1.54, 1.807) is 0 Å². The lowest BCUT2D eigenvalue weighted by Crippen LogP contribution is -2.51. The van der Waals surface area contributed by atoms with E-state index in [2.05, 4.69) is 0 Å². The highest BCUT2D eigenvalue weighted by atomic mass is 16.6. The van der Waals surface area contributed by atoms with Crippen LogP contribution in [0.15, 0.2) is 18.2 Å². The molecule has 0 aliphatic heterocycles. The van der Waals surface area contributed by atoms with Gasteiger partial charge >= 0.3 is 29.8 Å². The lowest BCUT2D eigenvalue weighted by molar-refractivity contribution is -0.176. The van der Waals surface area contributed by atoms with Crippen LogP contribution in [0.2, 0.25) is 0 Å². The van der Waals surface area contributed by atoms with Crippen molar-refractivity contribution in [3.8, 4) is 17.2 Å². The third kappa shape index (κ3) is 6.03. The largest absolute Gasteiger partial charge is 0.496 e. The smallest absolute Gasteiger partial charge is 0.308 e. The van der Waals surface area contributed by atoms with E-state index in [0.29, 0.717) is 0 Å². The fraction of sp³-hybridized carbons (Fsp3) is 0.355. The molecule has 0 bridgehead atoms. The van der Waals surface area contributed by atoms with E-state index in [1.807, 2.05) is 0 Å². The maximum atomic E-state index is 14.2. The SMILES string of the molecule is COc1cccc2c1C(=O)c1c(OC(C)=O)c3c(c(OC(C)=O)c1C2=O)C[C@@](OC(C)=O)(C(=O)COC(C)=O)C[C@@H]3OC(C)=O. The van der Waals surface area contributed by atoms with Crippen molar-refractivity contribution in [2.45, 2.75) is 59.2 Å². The Kier molecular flexibility index (Phi) is 8.89. The number of methoxy groups -OCH3 is 1. The van der Waals surface area contributed by atoms with Crippen LogP contribution in [-0.2, 0) is 49.4 Å². The first-order valence-corrected chi connectivity index (χ1v) is 13.5. The van der Waals surface area contributed by atoms with Crippen LogP contribution in [0.3, 0.4) is 0 Å². The van der Waals surface area contributed by atoms with Gasteiger partial charge in [-0.15, -0.1) is 0 Å². The highest BCUT2D eigenvalue weighted by Gasteiger charge is 2.54. The summed E-state index contributed by atoms with van der Waals surface area (Å²) >= 11 is 0. The summed E-state index contributed by atoms with van der Waals surface area (Å²) in [4.78, 5) is 103. The van der Waals surface area contributed by atoms with Crippen molar-refractivity contribution in [3.05, 3.63) is 51.6 Å². The van der Waals surface area contributed by atoms with Gasteiger partial charge in [0, 0.05) is 64.2 Å². The molecule has 0 spiro atoms. The maximum Gasteiger partial charge on any atom is 0.308 e. The van der Waals surface area contributed by atoms with Gasteiger partial charge in [-0.25, -0.2) is 0 Å². The predicted octanol–water partition coefficient (Wildman–Crippen LogP) is 2.31. The molecule has 0 saturated heterocycles. The van der Waals surface area contributed by atoms with Crippen LogP contribution in [0.5, 0.6) is 17.2 Å². The van der Waals surface area contributed by atoms with Crippen LogP contribution in [0.1, 0.15) is 90.1 Å². The molecule has 0 radical (unpaired) electrons. The van der Waals surface area contributed by atoms with Crippen LogP contribution in [0.4, 0.5) is 0 Å². The Morgan fingerprint density at radius 1 is 0.778 bits per heavy atom. The fourth-order valence-electron chi connectivity index (χ4n) is 5.59. The molecule has 0 aromatic heterocycles. The topological polar surface area (TPSA) is 192 Å². The van der Waals surface area contributed by atoms with E-state index in [9.17, 15) is 38.4 Å². The van der Waals surface area contributed by atoms with Crippen molar-refractivity contribution >= 4 is 47.2 Å². The van der Waals surface area contributed by atoms with Crippen molar-refractivity contribution in [1.82, 2.24) is 0 Å². The maximum absolute atomic E-state index is 14.2. The summed E-state index contributed by atoms with van der Waals surface area (Å²) in [6.45, 7) is 4.28. The van der Waals surface area contributed by atoms with Gasteiger partial charge in [0.2, 0.25) is 11.6 Å². The highest BCUT2D eigenvalue weighted by Crippen LogP contribution is 2.53. The summed E-state index contributed by atoms with van der Waals surface area (Å²) in [6, 6.07) is 4.24. The monoisotopic (exact) mass is 624 g/mol. The zero-order valence-electron chi connectivity index (χ0n) is 25.1. The molecule has 14 heteroatoms. The van der Waals surface area contributed by atoms with Crippen LogP contribution < -0.4 is 14.2 Å². The van der Waals surface area contributed by atoms with Crippen molar-refractivity contribution in [1.29, 1.82) is 0 Å². The molecule has 4 rings (SSSR count). The van der Waals surface area contributed by atoms with Gasteiger partial charge in [-0.2, -0.15) is 0 Å². The van der Waals surface area contributed by atoms with Gasteiger partial charge in [0.25, 0.3) is 0 Å². The normalized spacial score (nSPS) is 18.0. The van der Waals surface area contributed by atoms with Crippen molar-refractivity contribution < 1.29 is 66.8 Å². The summed E-state index contributed by atoms with van der Waals surface area (Å²) in [7, 11) is 1.28. The highest BCUT2D eigenvalue weighted by molar-refractivity contribution is 6.31. The van der Waals surface area contributed by atoms with Gasteiger partial charge in [-0.05, 0) is 6.07 Å². The van der Waals surface area contributed by atoms with Crippen molar-refractivity contribution in [2.24, 2.45) is 0 Å². The van der Waals surface area contributed by atoms with Gasteiger partial charge in [0.05, 0.1) is 23.8 Å². The number of ether oxygens (including phenoxy) is 6. The second-order valence-corrected chi connectivity index (χ2v) is 10.3. The van der Waals surface area contributed by atoms with E-state index < -0.39 is 101 Å². The summed E-state index contributed by atoms with van der Waals surface area (Å²) in [6.07, 6.45) is -2.80. The van der Waals surface area contributed by atoms with E-state index >= 15 is 0 Å². The Hall–Kier alpha value is -5.40. The molecule has 0 heterocycles. The second kappa shape index (κ2) is 12.3. The molecule has 2 aromatic carbocycles. The second-order valence-electron chi connectivity index (χ2n) is 10.3. The fourth-order valence-corrected chi connectivity index (χ4v) is 5.59. The Morgan fingerprint density at radius 2 is 1.40 bits per heavy atom. The number of Topliss-reactive ketones (excluding diaryl/α,β-unsaturated/α-hetero) is 1. The Labute approximate surface area is 255 Å². The first-order valence-electron chi connectivity index (χ1n) is 13.5. The van der Waals surface area contributed by atoms with Crippen molar-refractivity contribution in [2.75, 3.05) is 13.7 Å². The third-order valence-electron chi connectivity index (χ3n) is 7.07. The quantitative estimate of drug-likeness (QED) is 0.201. The molecule has 0 fully saturated rings. The zero-order chi connectivity index (χ0) is 33.4. The average molecular weight is 625 g/mol. The first kappa shape index (κ1) is 32.5. The molecule has 0 unspecified atom stereocenters. The number of carbonyl (C=O) groups is 8. The molecule has 2 aliphatic carbocycles. The molecule has 2 atom stereocenters. The number of carbonyl (C=O) groups excluding carboxylic acids is 8. The predicted molar refractivity (Wildman–Crippen MR) is 148 cm³/mol. The lowest BCUT2D eigenvalue weighted by Gasteiger charge is -2.41. The summed E-state index contributed by atoms with van der Waals surface area (Å²) in [5.41, 5.74) is -3.85. The van der Waals surface area contributed by atoms with Crippen LogP contribution in [0.25, 0.3) is 0 Å². The molecule has 2 aliphatic rings. The molecule has 2 aromatic rings. The molecular formula is C31H28O14. The molecule has 45 heavy (non-hydrogen) atoms. The summed E-state index contributed by atoms with van der Waals surface area (Å²) in [5.74, 6) is -8.13. The number of benzene rings is 2. The first-order chi connectivity index (χ1) is 21.1. The van der Waals surface area contributed by atoms with E-state index in [0.717, 1.165) is 34.6 Å². The summed E-state index contributed by atoms with van der Waals surface area (Å²) < 4.78 is 32.3. The third-order valence-corrected chi connectivity index (χ3v) is 7.07. The molecule has 0 amide bonds. The Balaban J connectivity index is 2.17. The number of hydrogen-bond donors (Lipinski definition) is 0. The number of hydrogen-bond acceptors (Lipinski definition) is 14. The molecule has 0 saturated carbocycles. The molecular weight excluding hydrogens is 596 g/mol. The summed E-state index contributed by atoms with van der Waals surface area (Å²) in [5, 5.41) is 0. The van der Waals surface area contributed by atoms with Gasteiger partial charge in [-0.3, -0.25) is 38.4 Å². The van der Waals surface area contributed by atoms with Crippen LogP contribution in [-0.4, -0.2) is 66.5 Å². The minimum atomic E-state index is -2.20. The molecule has 14 nitrogen and oxygen atoms in total. The van der Waals surface area contributed by atoms with E-state index in [4.69, 9.17) is 28.4 Å². The van der Waals surface area contributed by atoms with Crippen LogP contribution in [0, 0.1) is 0 Å². The van der Waals surface area contributed by atoms with Gasteiger partial charge < -0.3 is 28.4 Å². The van der Waals surface area contributed by atoms with Gasteiger partial charge in [0.15, 0.2) is 18.0 Å². The van der Waals surface area contributed by atoms with Crippen molar-refractivity contribution in [3.63, 3.8) is 0 Å². The van der Waals surface area contributed by atoms with Gasteiger partial charge in [-0.1, -0.05) is 12.1 Å². The Bertz CT molecular complexity index is 1700. The zero-order valence-corrected chi connectivity index (χ0v) is 25.1. The number of rotatable bonds is 8. The standard InChI is InChI=1S/C31H28O14/c1-13(32)41-12-22(37)31(45-17(5)36)10-19-24(21(11-31)42-14(2)33)30(44-16(4)35)26-25(29(19)43-15(3)34)27(38)18-8-7-9-20(40-6)23(18)28(26)39/h7-9,21H,10-12H2,1-6H3/t21-,31-/m0/s1. The molecule has 236 valence electrons. The number of ketones is 3. The van der Waals surface area contributed by atoms with Crippen LogP contribution >= 0.6 is 0 Å². The Morgan fingerprint density at radius 3 is 1.96 bits per heavy atom. The van der Waals surface area contributed by atoms with Gasteiger partial charge in [0.1, 0.15) is 23.4 Å².